The molecule has 0 N–H and O–H groups in total. The standard InChI is InChI=1S/C10H20O3S/c1-6-14-7-12-8(2)13-9(11)10(3,4)5/h7-8,14H,6H2,1-5H3. The lowest BCUT2D eigenvalue weighted by Gasteiger charge is -2.19. The van der Waals surface area contributed by atoms with Gasteiger partial charge in [0, 0.05) is 0 Å². The van der Waals surface area contributed by atoms with Gasteiger partial charge < -0.3 is 9.47 Å². The molecule has 0 heterocycles. The van der Waals surface area contributed by atoms with E-state index < -0.39 is 11.7 Å². The highest BCUT2D eigenvalue weighted by Gasteiger charge is 2.24. The summed E-state index contributed by atoms with van der Waals surface area (Å²) in [6, 6.07) is 0. The van der Waals surface area contributed by atoms with Gasteiger partial charge >= 0.3 is 5.97 Å². The van der Waals surface area contributed by atoms with Gasteiger partial charge in [-0.25, -0.2) is 0 Å². The molecule has 4 heteroatoms. The molecule has 3 nitrogen and oxygen atoms in total. The molecule has 0 aliphatic rings. The molecule has 0 aromatic heterocycles. The number of hydrogen-bond acceptors (Lipinski definition) is 3. The zero-order valence-electron chi connectivity index (χ0n) is 9.53. The average Bonchev–Trinajstić information content (AvgIpc) is 2.03. The Labute approximate surface area is 89.7 Å². The van der Waals surface area contributed by atoms with Gasteiger partial charge in [-0.15, -0.1) is 0 Å². The third-order valence-electron chi connectivity index (χ3n) is 1.39. The molecular formula is C10H20O3S. The first kappa shape index (κ1) is 13.7. The van der Waals surface area contributed by atoms with Crippen LogP contribution in [0.1, 0.15) is 34.6 Å². The number of ether oxygens (including phenoxy) is 2. The molecule has 0 rings (SSSR count). The van der Waals surface area contributed by atoms with E-state index in [1.54, 1.807) is 12.5 Å². The first-order valence-electron chi connectivity index (χ1n) is 4.72. The van der Waals surface area contributed by atoms with Gasteiger partial charge in [0.15, 0.2) is 0 Å². The van der Waals surface area contributed by atoms with Gasteiger partial charge in [-0.1, -0.05) is 6.92 Å². The van der Waals surface area contributed by atoms with E-state index in [0.29, 0.717) is 0 Å². The predicted molar refractivity (Wildman–Crippen MR) is 61.7 cm³/mol. The van der Waals surface area contributed by atoms with Crippen LogP contribution < -0.4 is 0 Å². The summed E-state index contributed by atoms with van der Waals surface area (Å²) in [6.45, 7) is 9.21. The normalized spacial score (nSPS) is 14.9. The summed E-state index contributed by atoms with van der Waals surface area (Å²) in [4.78, 5) is 11.4. The fraction of sp³-hybridized carbons (Fsp3) is 0.800. The molecule has 0 aliphatic heterocycles. The summed E-state index contributed by atoms with van der Waals surface area (Å²) in [6.07, 6.45) is -0.499. The highest BCUT2D eigenvalue weighted by Crippen LogP contribution is 2.16. The van der Waals surface area contributed by atoms with Crippen LogP contribution in [0.3, 0.4) is 0 Å². The van der Waals surface area contributed by atoms with E-state index >= 15 is 0 Å². The minimum atomic E-state index is -0.499. The van der Waals surface area contributed by atoms with Crippen molar-refractivity contribution in [2.24, 2.45) is 5.41 Å². The lowest BCUT2D eigenvalue weighted by atomic mass is 9.97. The summed E-state index contributed by atoms with van der Waals surface area (Å²) in [5.74, 6) is 0.756. The second-order valence-corrected chi connectivity index (χ2v) is 5.17. The van der Waals surface area contributed by atoms with E-state index in [2.05, 4.69) is 0 Å². The Balaban J connectivity index is 3.89. The summed E-state index contributed by atoms with van der Waals surface area (Å²) in [5.41, 5.74) is 1.18. The van der Waals surface area contributed by atoms with Crippen LogP contribution in [0.2, 0.25) is 0 Å². The molecule has 0 aromatic carbocycles. The van der Waals surface area contributed by atoms with E-state index in [-0.39, 0.29) is 5.97 Å². The summed E-state index contributed by atoms with van der Waals surface area (Å²) >= 11 is 1.09. The van der Waals surface area contributed by atoms with Crippen LogP contribution in [-0.4, -0.2) is 23.6 Å². The van der Waals surface area contributed by atoms with Gasteiger partial charge in [0.2, 0.25) is 6.29 Å². The van der Waals surface area contributed by atoms with Crippen LogP contribution in [-0.2, 0) is 14.3 Å². The number of esters is 1. The Morgan fingerprint density at radius 3 is 2.50 bits per heavy atom. The van der Waals surface area contributed by atoms with Crippen molar-refractivity contribution in [3.8, 4) is 0 Å². The fourth-order valence-corrected chi connectivity index (χ4v) is 0.965. The largest absolute Gasteiger partial charge is 0.435 e. The summed E-state index contributed by atoms with van der Waals surface area (Å²) in [5, 5.41) is 0. The molecule has 0 amide bonds. The fourth-order valence-electron chi connectivity index (χ4n) is 0.559. The van der Waals surface area contributed by atoms with Gasteiger partial charge in [-0.3, -0.25) is 4.79 Å². The first-order valence-corrected chi connectivity index (χ1v) is 5.87. The van der Waals surface area contributed by atoms with Crippen LogP contribution in [0, 0.1) is 5.41 Å². The van der Waals surface area contributed by atoms with E-state index in [4.69, 9.17) is 9.47 Å². The van der Waals surface area contributed by atoms with Gasteiger partial charge in [-0.05, 0) is 33.4 Å². The zero-order valence-corrected chi connectivity index (χ0v) is 10.4. The predicted octanol–water partition coefficient (Wildman–Crippen LogP) is 2.18. The van der Waals surface area contributed by atoms with Crippen LogP contribution in [0.5, 0.6) is 0 Å². The smallest absolute Gasteiger partial charge is 0.313 e. The molecule has 0 aliphatic carbocycles. The molecule has 84 valence electrons. The topological polar surface area (TPSA) is 35.5 Å². The molecule has 0 aromatic rings. The Morgan fingerprint density at radius 2 is 2.07 bits per heavy atom. The van der Waals surface area contributed by atoms with Crippen molar-refractivity contribution in [1.29, 1.82) is 0 Å². The maximum atomic E-state index is 11.4. The number of carbonyl (C=O) groups excluding carboxylic acids is 1. The highest BCUT2D eigenvalue weighted by atomic mass is 32.1. The summed E-state index contributed by atoms with van der Waals surface area (Å²) in [7, 11) is 0. The Morgan fingerprint density at radius 1 is 1.50 bits per heavy atom. The van der Waals surface area contributed by atoms with Gasteiger partial charge in [-0.2, -0.15) is 11.4 Å². The molecule has 1 atom stereocenters. The second-order valence-electron chi connectivity index (χ2n) is 3.96. The maximum absolute atomic E-state index is 11.4. The van der Waals surface area contributed by atoms with Crippen LogP contribution >= 0.6 is 11.4 Å². The van der Waals surface area contributed by atoms with Gasteiger partial charge in [0.25, 0.3) is 0 Å². The van der Waals surface area contributed by atoms with Crippen molar-refractivity contribution < 1.29 is 14.3 Å². The summed E-state index contributed by atoms with van der Waals surface area (Å²) < 4.78 is 10.2. The molecule has 1 unspecified atom stereocenters. The van der Waals surface area contributed by atoms with Crippen molar-refractivity contribution in [2.75, 3.05) is 5.75 Å². The number of rotatable bonds is 4. The number of thiol groups is 1. The quantitative estimate of drug-likeness (QED) is 0.341. The molecule has 0 saturated heterocycles. The van der Waals surface area contributed by atoms with Crippen molar-refractivity contribution in [3.05, 3.63) is 0 Å². The minimum Gasteiger partial charge on any atom is -0.435 e. The lowest BCUT2D eigenvalue weighted by molar-refractivity contribution is -0.171. The average molecular weight is 220 g/mol. The third-order valence-corrected chi connectivity index (χ3v) is 2.03. The first-order chi connectivity index (χ1) is 6.38. The molecule has 0 bridgehead atoms. The van der Waals surface area contributed by atoms with E-state index in [1.165, 1.54) is 0 Å². The number of carbonyl (C=O) groups is 1. The minimum absolute atomic E-state index is 0.244. The Hall–Kier alpha value is -0.350. The molecule has 0 spiro atoms. The molecule has 0 saturated carbocycles. The van der Waals surface area contributed by atoms with Crippen molar-refractivity contribution in [3.63, 3.8) is 0 Å². The van der Waals surface area contributed by atoms with E-state index in [9.17, 15) is 4.79 Å². The SMILES string of the molecule is CC[SH]=COC(C)OC(=O)C(C)(C)C. The van der Waals surface area contributed by atoms with Crippen LogP contribution in [0.4, 0.5) is 0 Å². The van der Waals surface area contributed by atoms with E-state index in [0.717, 1.165) is 17.1 Å². The molecule has 14 heavy (non-hydrogen) atoms. The molecular weight excluding hydrogens is 200 g/mol. The van der Waals surface area contributed by atoms with Crippen molar-refractivity contribution >= 4 is 22.9 Å². The molecule has 0 radical (unpaired) electrons. The Kier molecular flexibility index (Phi) is 6.04. The second kappa shape index (κ2) is 6.19. The van der Waals surface area contributed by atoms with E-state index in [1.807, 2.05) is 27.7 Å². The van der Waals surface area contributed by atoms with Crippen LogP contribution in [0.15, 0.2) is 0 Å². The van der Waals surface area contributed by atoms with Crippen molar-refractivity contribution in [2.45, 2.75) is 40.9 Å². The highest BCUT2D eigenvalue weighted by molar-refractivity contribution is 7.97. The Bertz CT molecular complexity index is 206. The third kappa shape index (κ3) is 6.16. The van der Waals surface area contributed by atoms with Gasteiger partial charge in [0.05, 0.1) is 11.0 Å². The van der Waals surface area contributed by atoms with Crippen LogP contribution in [0.25, 0.3) is 0 Å². The maximum Gasteiger partial charge on any atom is 0.313 e. The molecule has 0 fully saturated rings. The van der Waals surface area contributed by atoms with Crippen molar-refractivity contribution in [1.82, 2.24) is 0 Å². The monoisotopic (exact) mass is 220 g/mol. The number of hydrogen-bond donors (Lipinski definition) is 1. The van der Waals surface area contributed by atoms with Gasteiger partial charge in [0.1, 0.15) is 0 Å². The zero-order chi connectivity index (χ0) is 11.2. The lowest BCUT2D eigenvalue weighted by Crippen LogP contribution is -2.27.